The summed E-state index contributed by atoms with van der Waals surface area (Å²) in [5, 5.41) is 0. The van der Waals surface area contributed by atoms with Crippen molar-refractivity contribution >= 4 is 17.1 Å². The summed E-state index contributed by atoms with van der Waals surface area (Å²) in [5.41, 5.74) is -0.257. The highest BCUT2D eigenvalue weighted by Gasteiger charge is 2.24. The largest absolute Gasteiger partial charge is 0.341 e. The maximum atomic E-state index is 12.6. The van der Waals surface area contributed by atoms with Crippen molar-refractivity contribution in [3.63, 3.8) is 0 Å². The number of aromatic nitrogens is 4. The van der Waals surface area contributed by atoms with Crippen LogP contribution in [0.25, 0.3) is 11.2 Å². The van der Waals surface area contributed by atoms with Gasteiger partial charge in [0.25, 0.3) is 5.56 Å². The van der Waals surface area contributed by atoms with Crippen LogP contribution in [0.1, 0.15) is 26.2 Å². The Kier molecular flexibility index (Phi) is 4.29. The standard InChI is InChI=1S/C16H23N5O3/c1-4-11-6-5-7-20(8-11)12(22)9-21-10-17-14-13(21)15(23)19(3)16(24)18(14)2/h10-11H,4-9H2,1-3H3/t11-/m0/s1. The predicted octanol–water partition coefficient (Wildman–Crippen LogP) is 0.0823. The van der Waals surface area contributed by atoms with Gasteiger partial charge in [0, 0.05) is 27.2 Å². The first-order chi connectivity index (χ1) is 11.4. The summed E-state index contributed by atoms with van der Waals surface area (Å²) in [6.45, 7) is 3.75. The Labute approximate surface area is 139 Å². The molecule has 1 aliphatic rings. The first-order valence-electron chi connectivity index (χ1n) is 8.32. The van der Waals surface area contributed by atoms with Gasteiger partial charge in [-0.25, -0.2) is 9.78 Å². The molecule has 1 aliphatic heterocycles. The SMILES string of the molecule is CC[C@H]1CCCN(C(=O)Cn2cnc3c2c(=O)n(C)c(=O)n3C)C1. The monoisotopic (exact) mass is 333 g/mol. The van der Waals surface area contributed by atoms with Gasteiger partial charge in [0.2, 0.25) is 5.91 Å². The highest BCUT2D eigenvalue weighted by atomic mass is 16.2. The minimum absolute atomic E-state index is 0.0108. The number of aryl methyl sites for hydroxylation is 1. The van der Waals surface area contributed by atoms with Gasteiger partial charge in [0.1, 0.15) is 6.54 Å². The molecule has 0 saturated carbocycles. The van der Waals surface area contributed by atoms with Gasteiger partial charge in [-0.1, -0.05) is 13.3 Å². The van der Waals surface area contributed by atoms with Crippen LogP contribution in [0, 0.1) is 5.92 Å². The van der Waals surface area contributed by atoms with E-state index in [-0.39, 0.29) is 18.0 Å². The highest BCUT2D eigenvalue weighted by molar-refractivity contribution is 5.79. The smallest absolute Gasteiger partial charge is 0.332 e. The third-order valence-corrected chi connectivity index (χ3v) is 4.97. The van der Waals surface area contributed by atoms with Gasteiger partial charge in [-0.05, 0) is 18.8 Å². The van der Waals surface area contributed by atoms with Crippen molar-refractivity contribution in [3.8, 4) is 0 Å². The van der Waals surface area contributed by atoms with Crippen molar-refractivity contribution in [1.29, 1.82) is 0 Å². The van der Waals surface area contributed by atoms with Gasteiger partial charge in [-0.2, -0.15) is 0 Å². The number of rotatable bonds is 3. The summed E-state index contributed by atoms with van der Waals surface area (Å²) in [6.07, 6.45) is 4.72. The summed E-state index contributed by atoms with van der Waals surface area (Å²) >= 11 is 0. The Morgan fingerprint density at radius 3 is 2.75 bits per heavy atom. The molecule has 1 amide bonds. The summed E-state index contributed by atoms with van der Waals surface area (Å²) in [6, 6.07) is 0. The zero-order valence-corrected chi connectivity index (χ0v) is 14.4. The van der Waals surface area contributed by atoms with Gasteiger partial charge < -0.3 is 9.47 Å². The lowest BCUT2D eigenvalue weighted by atomic mass is 9.96. The number of nitrogens with zero attached hydrogens (tertiary/aromatic N) is 5. The molecule has 8 nitrogen and oxygen atoms in total. The van der Waals surface area contributed by atoms with E-state index in [2.05, 4.69) is 11.9 Å². The van der Waals surface area contributed by atoms with Crippen LogP contribution in [-0.2, 0) is 25.4 Å². The Morgan fingerprint density at radius 1 is 1.29 bits per heavy atom. The molecule has 2 aromatic rings. The van der Waals surface area contributed by atoms with Crippen LogP contribution in [-0.4, -0.2) is 42.6 Å². The summed E-state index contributed by atoms with van der Waals surface area (Å²) in [7, 11) is 3.00. The van der Waals surface area contributed by atoms with E-state index in [1.165, 1.54) is 17.9 Å². The lowest BCUT2D eigenvalue weighted by Gasteiger charge is -2.32. The molecule has 0 bridgehead atoms. The van der Waals surface area contributed by atoms with Gasteiger partial charge in [0.15, 0.2) is 11.2 Å². The molecule has 0 aliphatic carbocycles. The fraction of sp³-hybridized carbons (Fsp3) is 0.625. The molecule has 0 spiro atoms. The van der Waals surface area contributed by atoms with Gasteiger partial charge in [0.05, 0.1) is 6.33 Å². The maximum Gasteiger partial charge on any atom is 0.332 e. The lowest BCUT2D eigenvalue weighted by Crippen LogP contribution is -2.42. The van der Waals surface area contributed by atoms with Crippen LogP contribution in [0.3, 0.4) is 0 Å². The van der Waals surface area contributed by atoms with E-state index in [0.717, 1.165) is 36.9 Å². The van der Waals surface area contributed by atoms with Gasteiger partial charge >= 0.3 is 5.69 Å². The molecule has 0 N–H and O–H groups in total. The van der Waals surface area contributed by atoms with E-state index in [9.17, 15) is 14.4 Å². The second-order valence-electron chi connectivity index (χ2n) is 6.51. The number of carbonyl (C=O) groups excluding carboxylic acids is 1. The number of amides is 1. The van der Waals surface area contributed by atoms with Crippen LogP contribution < -0.4 is 11.2 Å². The van der Waals surface area contributed by atoms with E-state index in [1.54, 1.807) is 11.6 Å². The molecule has 130 valence electrons. The van der Waals surface area contributed by atoms with Crippen molar-refractivity contribution in [2.75, 3.05) is 13.1 Å². The van der Waals surface area contributed by atoms with E-state index >= 15 is 0 Å². The normalized spacial score (nSPS) is 18.3. The quantitative estimate of drug-likeness (QED) is 0.797. The first kappa shape index (κ1) is 16.5. The minimum Gasteiger partial charge on any atom is -0.341 e. The van der Waals surface area contributed by atoms with Gasteiger partial charge in [-0.15, -0.1) is 0 Å². The molecule has 24 heavy (non-hydrogen) atoms. The van der Waals surface area contributed by atoms with Crippen molar-refractivity contribution in [1.82, 2.24) is 23.6 Å². The molecule has 0 unspecified atom stereocenters. The van der Waals surface area contributed by atoms with Crippen molar-refractivity contribution in [3.05, 3.63) is 27.2 Å². The molecule has 3 heterocycles. The number of fused-ring (bicyclic) bond motifs is 1. The topological polar surface area (TPSA) is 82.1 Å². The third kappa shape index (κ3) is 2.65. The second kappa shape index (κ2) is 6.26. The number of likely N-dealkylation sites (tertiary alicyclic amines) is 1. The van der Waals surface area contributed by atoms with E-state index in [4.69, 9.17) is 0 Å². The molecule has 8 heteroatoms. The second-order valence-corrected chi connectivity index (χ2v) is 6.51. The van der Waals surface area contributed by atoms with Crippen LogP contribution in [0.4, 0.5) is 0 Å². The Balaban J connectivity index is 1.92. The zero-order chi connectivity index (χ0) is 17.4. The van der Waals surface area contributed by atoms with Crippen molar-refractivity contribution < 1.29 is 4.79 Å². The van der Waals surface area contributed by atoms with Crippen molar-refractivity contribution in [2.45, 2.75) is 32.7 Å². The number of carbonyl (C=O) groups is 1. The number of imidazole rings is 1. The molecule has 0 radical (unpaired) electrons. The molecule has 3 rings (SSSR count). The number of hydrogen-bond donors (Lipinski definition) is 0. The molecule has 2 aromatic heterocycles. The van der Waals surface area contributed by atoms with E-state index in [0.29, 0.717) is 11.6 Å². The summed E-state index contributed by atoms with van der Waals surface area (Å²) < 4.78 is 3.92. The maximum absolute atomic E-state index is 12.6. The van der Waals surface area contributed by atoms with E-state index < -0.39 is 11.2 Å². The van der Waals surface area contributed by atoms with E-state index in [1.807, 2.05) is 4.90 Å². The fourth-order valence-corrected chi connectivity index (χ4v) is 3.39. The molecule has 1 atom stereocenters. The first-order valence-corrected chi connectivity index (χ1v) is 8.32. The number of hydrogen-bond acceptors (Lipinski definition) is 4. The molecular formula is C16H23N5O3. The highest BCUT2D eigenvalue weighted by Crippen LogP contribution is 2.19. The number of piperidine rings is 1. The average Bonchev–Trinajstić information content (AvgIpc) is 3.01. The molecule has 0 aromatic carbocycles. The molecule has 1 saturated heterocycles. The Bertz CT molecular complexity index is 891. The third-order valence-electron chi connectivity index (χ3n) is 4.97. The lowest BCUT2D eigenvalue weighted by molar-refractivity contribution is -0.133. The fourth-order valence-electron chi connectivity index (χ4n) is 3.39. The summed E-state index contributed by atoms with van der Waals surface area (Å²) in [4.78, 5) is 43.0. The molecule has 1 fully saturated rings. The zero-order valence-electron chi connectivity index (χ0n) is 14.4. The minimum atomic E-state index is -0.427. The molecular weight excluding hydrogens is 310 g/mol. The van der Waals surface area contributed by atoms with Crippen LogP contribution >= 0.6 is 0 Å². The van der Waals surface area contributed by atoms with Crippen molar-refractivity contribution in [2.24, 2.45) is 20.0 Å². The Hall–Kier alpha value is -2.38. The van der Waals surface area contributed by atoms with Crippen LogP contribution in [0.2, 0.25) is 0 Å². The van der Waals surface area contributed by atoms with Gasteiger partial charge in [-0.3, -0.25) is 18.7 Å². The predicted molar refractivity (Wildman–Crippen MR) is 89.8 cm³/mol. The summed E-state index contributed by atoms with van der Waals surface area (Å²) in [5.74, 6) is 0.541. The van der Waals surface area contributed by atoms with Crippen LogP contribution in [0.15, 0.2) is 15.9 Å². The van der Waals surface area contributed by atoms with Crippen LogP contribution in [0.5, 0.6) is 0 Å². The average molecular weight is 333 g/mol. The Morgan fingerprint density at radius 2 is 2.04 bits per heavy atom.